The number of hydrogen-bond acceptors (Lipinski definition) is 2. The van der Waals surface area contributed by atoms with E-state index in [2.05, 4.69) is 15.9 Å². The van der Waals surface area contributed by atoms with Gasteiger partial charge in [0.2, 0.25) is 0 Å². The highest BCUT2D eigenvalue weighted by Gasteiger charge is 2.10. The molecular formula is C12H9BrO3. The van der Waals surface area contributed by atoms with Crippen LogP contribution in [0.25, 0.3) is 10.8 Å². The molecule has 0 fully saturated rings. The van der Waals surface area contributed by atoms with E-state index in [9.17, 15) is 4.79 Å². The second-order valence-corrected chi connectivity index (χ2v) is 4.26. The Hall–Kier alpha value is -1.55. The van der Waals surface area contributed by atoms with E-state index < -0.39 is 5.97 Å². The molecule has 4 heteroatoms. The summed E-state index contributed by atoms with van der Waals surface area (Å²) in [6.45, 7) is 0. The fourth-order valence-electron chi connectivity index (χ4n) is 1.60. The van der Waals surface area contributed by atoms with Crippen LogP contribution in [0, 0.1) is 0 Å². The van der Waals surface area contributed by atoms with Crippen molar-refractivity contribution in [2.45, 2.75) is 0 Å². The van der Waals surface area contributed by atoms with Crippen molar-refractivity contribution in [2.24, 2.45) is 0 Å². The molecule has 2 rings (SSSR count). The van der Waals surface area contributed by atoms with Gasteiger partial charge in [0.15, 0.2) is 0 Å². The normalized spacial score (nSPS) is 10.4. The standard InChI is InChI=1S/C12H9BrO3/c1-16-9-3-2-7-4-8(13)5-11(12(14)15)10(7)6-9/h2-6H,1H3,(H,14,15). The first-order valence-electron chi connectivity index (χ1n) is 4.62. The molecule has 0 saturated carbocycles. The summed E-state index contributed by atoms with van der Waals surface area (Å²) in [4.78, 5) is 11.1. The zero-order valence-electron chi connectivity index (χ0n) is 8.53. The van der Waals surface area contributed by atoms with Crippen LogP contribution in [0.3, 0.4) is 0 Å². The minimum Gasteiger partial charge on any atom is -0.497 e. The van der Waals surface area contributed by atoms with E-state index in [0.29, 0.717) is 11.1 Å². The van der Waals surface area contributed by atoms with Gasteiger partial charge in [-0.3, -0.25) is 0 Å². The zero-order valence-corrected chi connectivity index (χ0v) is 10.1. The number of methoxy groups -OCH3 is 1. The molecule has 0 spiro atoms. The van der Waals surface area contributed by atoms with Gasteiger partial charge >= 0.3 is 5.97 Å². The van der Waals surface area contributed by atoms with Gasteiger partial charge in [-0.25, -0.2) is 4.79 Å². The summed E-state index contributed by atoms with van der Waals surface area (Å²) in [5.41, 5.74) is 0.267. The smallest absolute Gasteiger partial charge is 0.336 e. The van der Waals surface area contributed by atoms with Crippen LogP contribution < -0.4 is 4.74 Å². The van der Waals surface area contributed by atoms with E-state index in [1.165, 1.54) is 0 Å². The number of hydrogen-bond donors (Lipinski definition) is 1. The summed E-state index contributed by atoms with van der Waals surface area (Å²) in [6.07, 6.45) is 0. The van der Waals surface area contributed by atoms with Gasteiger partial charge in [0.05, 0.1) is 12.7 Å². The molecule has 82 valence electrons. The van der Waals surface area contributed by atoms with E-state index in [1.54, 1.807) is 25.3 Å². The maximum Gasteiger partial charge on any atom is 0.336 e. The van der Waals surface area contributed by atoms with Crippen LogP contribution >= 0.6 is 15.9 Å². The second-order valence-electron chi connectivity index (χ2n) is 3.35. The van der Waals surface area contributed by atoms with Crippen molar-refractivity contribution < 1.29 is 14.6 Å². The van der Waals surface area contributed by atoms with Crippen LogP contribution in [0.5, 0.6) is 5.75 Å². The fourth-order valence-corrected chi connectivity index (χ4v) is 2.08. The number of rotatable bonds is 2. The quantitative estimate of drug-likeness (QED) is 0.918. The number of carboxylic acids is 1. The highest BCUT2D eigenvalue weighted by Crippen LogP contribution is 2.27. The third-order valence-electron chi connectivity index (χ3n) is 2.36. The van der Waals surface area contributed by atoms with Crippen LogP contribution in [0.2, 0.25) is 0 Å². The molecule has 0 aliphatic rings. The summed E-state index contributed by atoms with van der Waals surface area (Å²) in [5.74, 6) is -0.295. The molecule has 0 amide bonds. The summed E-state index contributed by atoms with van der Waals surface area (Å²) in [5, 5.41) is 10.7. The lowest BCUT2D eigenvalue weighted by molar-refractivity contribution is 0.0699. The van der Waals surface area contributed by atoms with Crippen molar-refractivity contribution in [3.8, 4) is 5.75 Å². The number of carboxylic acid groups (broad SMARTS) is 1. The van der Waals surface area contributed by atoms with Crippen molar-refractivity contribution in [3.63, 3.8) is 0 Å². The number of fused-ring (bicyclic) bond motifs is 1. The summed E-state index contributed by atoms with van der Waals surface area (Å²) in [7, 11) is 1.56. The Kier molecular flexibility index (Phi) is 2.83. The Morgan fingerprint density at radius 1 is 1.31 bits per heavy atom. The maximum atomic E-state index is 11.1. The molecular weight excluding hydrogens is 272 g/mol. The Morgan fingerprint density at radius 3 is 2.69 bits per heavy atom. The summed E-state index contributed by atoms with van der Waals surface area (Å²) in [6, 6.07) is 8.84. The zero-order chi connectivity index (χ0) is 11.7. The molecule has 1 N–H and O–H groups in total. The molecule has 0 aliphatic heterocycles. The highest BCUT2D eigenvalue weighted by molar-refractivity contribution is 9.10. The van der Waals surface area contributed by atoms with E-state index in [-0.39, 0.29) is 5.56 Å². The SMILES string of the molecule is COc1ccc2cc(Br)cc(C(=O)O)c2c1. The van der Waals surface area contributed by atoms with Crippen LogP contribution in [0.15, 0.2) is 34.8 Å². The van der Waals surface area contributed by atoms with E-state index >= 15 is 0 Å². The van der Waals surface area contributed by atoms with Crippen molar-refractivity contribution in [1.82, 2.24) is 0 Å². The van der Waals surface area contributed by atoms with Crippen LogP contribution in [-0.4, -0.2) is 18.2 Å². The van der Waals surface area contributed by atoms with Gasteiger partial charge in [0.25, 0.3) is 0 Å². The molecule has 0 atom stereocenters. The molecule has 0 saturated heterocycles. The van der Waals surface area contributed by atoms with Gasteiger partial charge in [-0.15, -0.1) is 0 Å². The fraction of sp³-hybridized carbons (Fsp3) is 0.0833. The summed E-state index contributed by atoms with van der Waals surface area (Å²) < 4.78 is 5.83. The van der Waals surface area contributed by atoms with E-state index in [4.69, 9.17) is 9.84 Å². The average molecular weight is 281 g/mol. The number of halogens is 1. The van der Waals surface area contributed by atoms with Crippen LogP contribution in [0.4, 0.5) is 0 Å². The first-order chi connectivity index (χ1) is 7.61. The average Bonchev–Trinajstić information content (AvgIpc) is 2.27. The van der Waals surface area contributed by atoms with Gasteiger partial charge < -0.3 is 9.84 Å². The second kappa shape index (κ2) is 4.14. The molecule has 2 aromatic rings. The number of carbonyl (C=O) groups is 1. The van der Waals surface area contributed by atoms with Gasteiger partial charge in [-0.1, -0.05) is 22.0 Å². The Morgan fingerprint density at radius 2 is 2.06 bits per heavy atom. The molecule has 2 aromatic carbocycles. The molecule has 0 bridgehead atoms. The van der Waals surface area contributed by atoms with Crippen molar-refractivity contribution in [2.75, 3.05) is 7.11 Å². The van der Waals surface area contributed by atoms with Gasteiger partial charge in [0.1, 0.15) is 5.75 Å². The minimum atomic E-state index is -0.945. The number of ether oxygens (including phenoxy) is 1. The largest absolute Gasteiger partial charge is 0.497 e. The Bertz CT molecular complexity index is 563. The van der Waals surface area contributed by atoms with E-state index in [0.717, 1.165) is 9.86 Å². The van der Waals surface area contributed by atoms with Crippen LogP contribution in [0.1, 0.15) is 10.4 Å². The molecule has 0 unspecified atom stereocenters. The first-order valence-corrected chi connectivity index (χ1v) is 5.41. The highest BCUT2D eigenvalue weighted by atomic mass is 79.9. The van der Waals surface area contributed by atoms with Crippen LogP contribution in [-0.2, 0) is 0 Å². The number of benzene rings is 2. The lowest BCUT2D eigenvalue weighted by Gasteiger charge is -2.06. The molecule has 0 radical (unpaired) electrons. The summed E-state index contributed by atoms with van der Waals surface area (Å²) >= 11 is 3.29. The van der Waals surface area contributed by atoms with Crippen molar-refractivity contribution in [1.29, 1.82) is 0 Å². The Labute approximate surface area is 101 Å². The maximum absolute atomic E-state index is 11.1. The topological polar surface area (TPSA) is 46.5 Å². The third-order valence-corrected chi connectivity index (χ3v) is 2.81. The lowest BCUT2D eigenvalue weighted by Crippen LogP contribution is -1.98. The molecule has 16 heavy (non-hydrogen) atoms. The third kappa shape index (κ3) is 1.88. The molecule has 3 nitrogen and oxygen atoms in total. The van der Waals surface area contributed by atoms with Gasteiger partial charge in [-0.05, 0) is 35.0 Å². The Balaban J connectivity index is 2.80. The number of aromatic carboxylic acids is 1. The first kappa shape index (κ1) is 11.0. The minimum absolute atomic E-state index is 0.267. The van der Waals surface area contributed by atoms with Crippen molar-refractivity contribution in [3.05, 3.63) is 40.4 Å². The van der Waals surface area contributed by atoms with Crippen molar-refractivity contribution >= 4 is 32.7 Å². The van der Waals surface area contributed by atoms with E-state index in [1.807, 2.05) is 12.1 Å². The molecule has 0 heterocycles. The van der Waals surface area contributed by atoms with Gasteiger partial charge in [-0.2, -0.15) is 0 Å². The van der Waals surface area contributed by atoms with Gasteiger partial charge in [0, 0.05) is 4.47 Å². The molecule has 0 aromatic heterocycles. The predicted octanol–water partition coefficient (Wildman–Crippen LogP) is 3.31. The monoisotopic (exact) mass is 280 g/mol. The predicted molar refractivity (Wildman–Crippen MR) is 65.2 cm³/mol. The molecule has 0 aliphatic carbocycles. The lowest BCUT2D eigenvalue weighted by atomic mass is 10.0.